The summed E-state index contributed by atoms with van der Waals surface area (Å²) >= 11 is 3.68. The van der Waals surface area contributed by atoms with Crippen LogP contribution in [0.3, 0.4) is 0 Å². The Morgan fingerprint density at radius 2 is 2.05 bits per heavy atom. The third-order valence-electron chi connectivity index (χ3n) is 3.32. The molecule has 0 aromatic heterocycles. The first-order chi connectivity index (χ1) is 8.81. The molecular weight excluding hydrogens is 300 g/mol. The number of anilines is 1. The number of nitrogens with zero attached hydrogens (tertiary/aromatic N) is 1. The van der Waals surface area contributed by atoms with Gasteiger partial charge in [-0.3, -0.25) is 0 Å². The molecule has 0 saturated carbocycles. The van der Waals surface area contributed by atoms with Gasteiger partial charge < -0.3 is 10.2 Å². The van der Waals surface area contributed by atoms with Crippen molar-refractivity contribution in [1.29, 1.82) is 0 Å². The van der Waals surface area contributed by atoms with Crippen molar-refractivity contribution in [3.63, 3.8) is 0 Å². The Bertz CT molecular complexity index is 435. The van der Waals surface area contributed by atoms with E-state index in [0.717, 1.165) is 11.0 Å². The number of halogens is 1. The molecule has 0 amide bonds. The predicted octanol–water partition coefficient (Wildman–Crippen LogP) is 4.52. The summed E-state index contributed by atoms with van der Waals surface area (Å²) in [6, 6.07) is 6.90. The Balaban J connectivity index is 3.14. The number of rotatable bonds is 5. The normalized spacial score (nSPS) is 13.2. The zero-order chi connectivity index (χ0) is 14.6. The minimum Gasteiger partial charge on any atom is -0.363 e. The van der Waals surface area contributed by atoms with E-state index in [4.69, 9.17) is 0 Å². The Morgan fingerprint density at radius 1 is 1.42 bits per heavy atom. The van der Waals surface area contributed by atoms with Gasteiger partial charge in [-0.25, -0.2) is 0 Å². The molecule has 1 rings (SSSR count). The van der Waals surface area contributed by atoms with Gasteiger partial charge in [-0.05, 0) is 52.4 Å². The summed E-state index contributed by atoms with van der Waals surface area (Å²) in [7, 11) is 1.98. The summed E-state index contributed by atoms with van der Waals surface area (Å²) in [6.07, 6.45) is 1.95. The van der Waals surface area contributed by atoms with Gasteiger partial charge in [0.15, 0.2) is 0 Å². The highest BCUT2D eigenvalue weighted by atomic mass is 79.9. The van der Waals surface area contributed by atoms with Crippen LogP contribution in [0, 0.1) is 0 Å². The summed E-state index contributed by atoms with van der Waals surface area (Å²) in [5.74, 6) is 0. The third-order valence-corrected chi connectivity index (χ3v) is 4.00. The Kier molecular flexibility index (Phi) is 5.63. The molecule has 1 N–H and O–H groups in total. The van der Waals surface area contributed by atoms with E-state index in [1.54, 1.807) is 0 Å². The summed E-state index contributed by atoms with van der Waals surface area (Å²) in [5, 5.41) is 3.27. The third kappa shape index (κ3) is 4.08. The van der Waals surface area contributed by atoms with E-state index in [1.165, 1.54) is 11.3 Å². The zero-order valence-electron chi connectivity index (χ0n) is 12.6. The standard InChI is InChI=1S/C16H25BrN2/c1-7-10-19(16(3,4)5)13-8-9-14(12(2)18-6)15(17)11-13/h7-9,11-12,18H,1,10H2,2-6H3. The molecule has 19 heavy (non-hydrogen) atoms. The van der Waals surface area contributed by atoms with Crippen molar-refractivity contribution in [3.8, 4) is 0 Å². The lowest BCUT2D eigenvalue weighted by Gasteiger charge is -2.37. The van der Waals surface area contributed by atoms with Gasteiger partial charge in [-0.15, -0.1) is 6.58 Å². The molecule has 106 valence electrons. The summed E-state index contributed by atoms with van der Waals surface area (Å²) in [4.78, 5) is 2.35. The molecule has 0 heterocycles. The van der Waals surface area contributed by atoms with Gasteiger partial charge in [0.2, 0.25) is 0 Å². The SMILES string of the molecule is C=CCN(c1ccc(C(C)NC)c(Br)c1)C(C)(C)C. The van der Waals surface area contributed by atoms with E-state index >= 15 is 0 Å². The highest BCUT2D eigenvalue weighted by Gasteiger charge is 2.21. The van der Waals surface area contributed by atoms with Crippen LogP contribution in [-0.4, -0.2) is 19.1 Å². The largest absolute Gasteiger partial charge is 0.363 e. The van der Waals surface area contributed by atoms with Crippen LogP contribution < -0.4 is 10.2 Å². The molecule has 1 aromatic rings. The van der Waals surface area contributed by atoms with Gasteiger partial charge in [0.1, 0.15) is 0 Å². The molecule has 1 unspecified atom stereocenters. The van der Waals surface area contributed by atoms with Crippen molar-refractivity contribution >= 4 is 21.6 Å². The van der Waals surface area contributed by atoms with E-state index in [0.29, 0.717) is 6.04 Å². The molecule has 2 nitrogen and oxygen atoms in total. The molecule has 0 spiro atoms. The fourth-order valence-corrected chi connectivity index (χ4v) is 2.80. The van der Waals surface area contributed by atoms with Crippen LogP contribution in [0.2, 0.25) is 0 Å². The van der Waals surface area contributed by atoms with E-state index in [1.807, 2.05) is 13.1 Å². The van der Waals surface area contributed by atoms with Gasteiger partial charge in [-0.1, -0.05) is 28.1 Å². The second-order valence-corrected chi connectivity index (χ2v) is 6.64. The first-order valence-corrected chi connectivity index (χ1v) is 7.45. The summed E-state index contributed by atoms with van der Waals surface area (Å²) in [5.41, 5.74) is 2.56. The molecule has 3 heteroatoms. The molecule has 0 aliphatic heterocycles. The van der Waals surface area contributed by atoms with Gasteiger partial charge >= 0.3 is 0 Å². The number of hydrogen-bond donors (Lipinski definition) is 1. The number of benzene rings is 1. The maximum Gasteiger partial charge on any atom is 0.0384 e. The van der Waals surface area contributed by atoms with E-state index < -0.39 is 0 Å². The van der Waals surface area contributed by atoms with Crippen LogP contribution >= 0.6 is 15.9 Å². The second-order valence-electron chi connectivity index (χ2n) is 5.79. The van der Waals surface area contributed by atoms with Gasteiger partial charge in [0.05, 0.1) is 0 Å². The van der Waals surface area contributed by atoms with Gasteiger partial charge in [0, 0.05) is 28.3 Å². The molecule has 1 aromatic carbocycles. The summed E-state index contributed by atoms with van der Waals surface area (Å²) in [6.45, 7) is 13.5. The Morgan fingerprint density at radius 3 is 2.47 bits per heavy atom. The lowest BCUT2D eigenvalue weighted by atomic mass is 10.0. The van der Waals surface area contributed by atoms with Crippen molar-refractivity contribution in [2.75, 3.05) is 18.5 Å². The van der Waals surface area contributed by atoms with Crippen LogP contribution in [0.1, 0.15) is 39.3 Å². The molecule has 0 radical (unpaired) electrons. The number of nitrogens with one attached hydrogen (secondary N) is 1. The zero-order valence-corrected chi connectivity index (χ0v) is 14.2. The van der Waals surface area contributed by atoms with Crippen LogP contribution in [-0.2, 0) is 0 Å². The fraction of sp³-hybridized carbons (Fsp3) is 0.500. The topological polar surface area (TPSA) is 15.3 Å². The van der Waals surface area contributed by atoms with Crippen molar-refractivity contribution in [2.45, 2.75) is 39.3 Å². The fourth-order valence-electron chi connectivity index (χ4n) is 2.09. The molecule has 0 saturated heterocycles. The first-order valence-electron chi connectivity index (χ1n) is 6.66. The highest BCUT2D eigenvalue weighted by Crippen LogP contribution is 2.31. The minimum absolute atomic E-state index is 0.0732. The quantitative estimate of drug-likeness (QED) is 0.801. The molecule has 0 aliphatic rings. The van der Waals surface area contributed by atoms with Crippen molar-refractivity contribution in [3.05, 3.63) is 40.9 Å². The van der Waals surface area contributed by atoms with Crippen LogP contribution in [0.4, 0.5) is 5.69 Å². The lowest BCUT2D eigenvalue weighted by Crippen LogP contribution is -2.41. The van der Waals surface area contributed by atoms with Gasteiger partial charge in [0.25, 0.3) is 0 Å². The summed E-state index contributed by atoms with van der Waals surface area (Å²) < 4.78 is 1.14. The maximum absolute atomic E-state index is 3.86. The van der Waals surface area contributed by atoms with Gasteiger partial charge in [-0.2, -0.15) is 0 Å². The van der Waals surface area contributed by atoms with Crippen molar-refractivity contribution < 1.29 is 0 Å². The second kappa shape index (κ2) is 6.58. The number of hydrogen-bond acceptors (Lipinski definition) is 2. The first kappa shape index (κ1) is 16.3. The minimum atomic E-state index is 0.0732. The monoisotopic (exact) mass is 324 g/mol. The maximum atomic E-state index is 3.86. The average Bonchev–Trinajstić information content (AvgIpc) is 2.33. The average molecular weight is 325 g/mol. The molecule has 0 bridgehead atoms. The molecule has 0 aliphatic carbocycles. The van der Waals surface area contributed by atoms with Crippen molar-refractivity contribution in [2.24, 2.45) is 0 Å². The van der Waals surface area contributed by atoms with Crippen molar-refractivity contribution in [1.82, 2.24) is 5.32 Å². The molecular formula is C16H25BrN2. The van der Waals surface area contributed by atoms with E-state index in [9.17, 15) is 0 Å². The van der Waals surface area contributed by atoms with Crippen LogP contribution in [0.25, 0.3) is 0 Å². The molecule has 0 fully saturated rings. The lowest BCUT2D eigenvalue weighted by molar-refractivity contribution is 0.522. The smallest absolute Gasteiger partial charge is 0.0384 e. The van der Waals surface area contributed by atoms with Crippen LogP contribution in [0.5, 0.6) is 0 Å². The van der Waals surface area contributed by atoms with E-state index in [-0.39, 0.29) is 5.54 Å². The van der Waals surface area contributed by atoms with E-state index in [2.05, 4.69) is 78.6 Å². The predicted molar refractivity (Wildman–Crippen MR) is 88.9 cm³/mol. The molecule has 1 atom stereocenters. The van der Waals surface area contributed by atoms with Crippen LogP contribution in [0.15, 0.2) is 35.3 Å². The highest BCUT2D eigenvalue weighted by molar-refractivity contribution is 9.10. The Hall–Kier alpha value is -0.800. The Labute approximate surface area is 126 Å².